The van der Waals surface area contributed by atoms with Gasteiger partial charge >= 0.3 is 0 Å². The van der Waals surface area contributed by atoms with Crippen molar-refractivity contribution >= 4 is 12.6 Å². The highest BCUT2D eigenvalue weighted by Crippen LogP contribution is 2.29. The zero-order valence-corrected chi connectivity index (χ0v) is 8.53. The van der Waals surface area contributed by atoms with Crippen LogP contribution in [-0.2, 0) is 0 Å². The SMILES string of the molecule is CCCC[C@@](CC)(CO)CS. The van der Waals surface area contributed by atoms with Gasteiger partial charge in [-0.15, -0.1) is 0 Å². The largest absolute Gasteiger partial charge is 0.396 e. The molecule has 1 atom stereocenters. The second-order valence-corrected chi connectivity index (χ2v) is 3.59. The van der Waals surface area contributed by atoms with Crippen LogP contribution in [0.15, 0.2) is 0 Å². The molecule has 11 heavy (non-hydrogen) atoms. The summed E-state index contributed by atoms with van der Waals surface area (Å²) in [4.78, 5) is 0. The Morgan fingerprint density at radius 1 is 1.36 bits per heavy atom. The first-order chi connectivity index (χ1) is 5.24. The van der Waals surface area contributed by atoms with Gasteiger partial charge in [0.1, 0.15) is 0 Å². The lowest BCUT2D eigenvalue weighted by molar-refractivity contribution is 0.130. The lowest BCUT2D eigenvalue weighted by Crippen LogP contribution is -2.26. The summed E-state index contributed by atoms with van der Waals surface area (Å²) in [5.74, 6) is 0.806. The normalized spacial score (nSPS) is 16.4. The highest BCUT2D eigenvalue weighted by Gasteiger charge is 2.24. The van der Waals surface area contributed by atoms with Gasteiger partial charge in [-0.1, -0.05) is 26.7 Å². The fourth-order valence-electron chi connectivity index (χ4n) is 1.16. The quantitative estimate of drug-likeness (QED) is 0.596. The van der Waals surface area contributed by atoms with Crippen molar-refractivity contribution in [2.75, 3.05) is 12.4 Å². The Bertz CT molecular complexity index is 81.3. The molecule has 1 nitrogen and oxygen atoms in total. The highest BCUT2D eigenvalue weighted by atomic mass is 32.1. The van der Waals surface area contributed by atoms with Crippen LogP contribution < -0.4 is 0 Å². The third-order valence-corrected chi connectivity index (χ3v) is 3.15. The average Bonchev–Trinajstić information content (AvgIpc) is 2.08. The molecular weight excluding hydrogens is 156 g/mol. The fraction of sp³-hybridized carbons (Fsp3) is 1.00. The smallest absolute Gasteiger partial charge is 0.0495 e. The van der Waals surface area contributed by atoms with Gasteiger partial charge < -0.3 is 5.11 Å². The van der Waals surface area contributed by atoms with Crippen LogP contribution in [0, 0.1) is 5.41 Å². The Balaban J connectivity index is 3.84. The Morgan fingerprint density at radius 2 is 2.00 bits per heavy atom. The van der Waals surface area contributed by atoms with Crippen molar-refractivity contribution in [3.05, 3.63) is 0 Å². The Labute approximate surface area is 75.6 Å². The molecule has 0 saturated heterocycles. The Hall–Kier alpha value is 0.310. The molecule has 0 aliphatic heterocycles. The van der Waals surface area contributed by atoms with Crippen LogP contribution in [-0.4, -0.2) is 17.5 Å². The minimum atomic E-state index is 0.0964. The summed E-state index contributed by atoms with van der Waals surface area (Å²) >= 11 is 4.27. The van der Waals surface area contributed by atoms with Crippen molar-refractivity contribution in [3.63, 3.8) is 0 Å². The predicted octanol–water partition coefficient (Wildman–Crippen LogP) is 2.50. The number of unbranched alkanes of at least 4 members (excludes halogenated alkanes) is 1. The third kappa shape index (κ3) is 3.48. The molecule has 0 aliphatic carbocycles. The van der Waals surface area contributed by atoms with Gasteiger partial charge in [0, 0.05) is 12.0 Å². The zero-order chi connectivity index (χ0) is 8.74. The monoisotopic (exact) mass is 176 g/mol. The Morgan fingerprint density at radius 3 is 2.27 bits per heavy atom. The molecule has 0 fully saturated rings. The summed E-state index contributed by atoms with van der Waals surface area (Å²) in [6.07, 6.45) is 4.55. The molecule has 0 rings (SSSR count). The number of hydrogen-bond acceptors (Lipinski definition) is 2. The van der Waals surface area contributed by atoms with Crippen LogP contribution in [0.3, 0.4) is 0 Å². The molecule has 0 saturated carbocycles. The maximum absolute atomic E-state index is 9.15. The lowest BCUT2D eigenvalue weighted by Gasteiger charge is -2.28. The minimum Gasteiger partial charge on any atom is -0.396 e. The van der Waals surface area contributed by atoms with Gasteiger partial charge in [-0.25, -0.2) is 0 Å². The summed E-state index contributed by atoms with van der Waals surface area (Å²) in [5.41, 5.74) is 0.0964. The predicted molar refractivity (Wildman–Crippen MR) is 53.2 cm³/mol. The number of aliphatic hydroxyl groups is 1. The maximum atomic E-state index is 9.15. The van der Waals surface area contributed by atoms with Gasteiger partial charge in [0.15, 0.2) is 0 Å². The molecule has 0 unspecified atom stereocenters. The molecule has 0 aromatic rings. The molecule has 0 spiro atoms. The molecule has 0 aliphatic rings. The molecule has 0 aromatic heterocycles. The van der Waals surface area contributed by atoms with Crippen LogP contribution in [0.25, 0.3) is 0 Å². The molecule has 0 amide bonds. The van der Waals surface area contributed by atoms with Gasteiger partial charge in [0.2, 0.25) is 0 Å². The van der Waals surface area contributed by atoms with E-state index in [2.05, 4.69) is 26.5 Å². The van der Waals surface area contributed by atoms with Crippen molar-refractivity contribution in [1.29, 1.82) is 0 Å². The summed E-state index contributed by atoms with van der Waals surface area (Å²) in [7, 11) is 0. The fourth-order valence-corrected chi connectivity index (χ4v) is 1.64. The topological polar surface area (TPSA) is 20.2 Å². The molecule has 0 bridgehead atoms. The number of rotatable bonds is 6. The summed E-state index contributed by atoms with van der Waals surface area (Å²) in [5, 5.41) is 9.15. The minimum absolute atomic E-state index is 0.0964. The van der Waals surface area contributed by atoms with E-state index in [-0.39, 0.29) is 12.0 Å². The van der Waals surface area contributed by atoms with E-state index in [1.807, 2.05) is 0 Å². The van der Waals surface area contributed by atoms with E-state index in [4.69, 9.17) is 5.11 Å². The van der Waals surface area contributed by atoms with Gasteiger partial charge in [-0.05, 0) is 18.6 Å². The van der Waals surface area contributed by atoms with Crippen molar-refractivity contribution in [2.24, 2.45) is 5.41 Å². The summed E-state index contributed by atoms with van der Waals surface area (Å²) < 4.78 is 0. The van der Waals surface area contributed by atoms with Crippen molar-refractivity contribution in [3.8, 4) is 0 Å². The first kappa shape index (κ1) is 11.3. The van der Waals surface area contributed by atoms with Gasteiger partial charge in [-0.2, -0.15) is 12.6 Å². The van der Waals surface area contributed by atoms with E-state index < -0.39 is 0 Å². The van der Waals surface area contributed by atoms with Crippen LogP contribution in [0.5, 0.6) is 0 Å². The van der Waals surface area contributed by atoms with E-state index in [0.29, 0.717) is 0 Å². The number of hydrogen-bond donors (Lipinski definition) is 2. The molecule has 0 radical (unpaired) electrons. The van der Waals surface area contributed by atoms with Crippen molar-refractivity contribution in [2.45, 2.75) is 39.5 Å². The van der Waals surface area contributed by atoms with E-state index >= 15 is 0 Å². The van der Waals surface area contributed by atoms with Crippen molar-refractivity contribution in [1.82, 2.24) is 0 Å². The van der Waals surface area contributed by atoms with Gasteiger partial charge in [-0.3, -0.25) is 0 Å². The molecular formula is C9H20OS. The average molecular weight is 176 g/mol. The van der Waals surface area contributed by atoms with E-state index in [0.717, 1.165) is 18.6 Å². The van der Waals surface area contributed by atoms with Crippen LogP contribution in [0.4, 0.5) is 0 Å². The molecule has 0 heterocycles. The number of thiol groups is 1. The molecule has 68 valence electrons. The molecule has 2 heteroatoms. The van der Waals surface area contributed by atoms with Crippen LogP contribution in [0.1, 0.15) is 39.5 Å². The lowest BCUT2D eigenvalue weighted by atomic mass is 9.83. The standard InChI is InChI=1S/C9H20OS/c1-3-5-6-9(4-2,7-10)8-11/h10-11H,3-8H2,1-2H3/t9-/m0/s1. The first-order valence-electron chi connectivity index (χ1n) is 4.46. The Kier molecular flexibility index (Phi) is 6.06. The molecule has 0 aromatic carbocycles. The maximum Gasteiger partial charge on any atom is 0.0495 e. The zero-order valence-electron chi connectivity index (χ0n) is 7.64. The highest BCUT2D eigenvalue weighted by molar-refractivity contribution is 7.80. The van der Waals surface area contributed by atoms with E-state index in [1.165, 1.54) is 12.8 Å². The first-order valence-corrected chi connectivity index (χ1v) is 5.09. The third-order valence-electron chi connectivity index (χ3n) is 2.48. The summed E-state index contributed by atoms with van der Waals surface area (Å²) in [6.45, 7) is 4.59. The van der Waals surface area contributed by atoms with Gasteiger partial charge in [0.25, 0.3) is 0 Å². The van der Waals surface area contributed by atoms with Crippen LogP contribution in [0.2, 0.25) is 0 Å². The summed E-state index contributed by atoms with van der Waals surface area (Å²) in [6, 6.07) is 0. The second-order valence-electron chi connectivity index (χ2n) is 3.27. The number of aliphatic hydroxyl groups excluding tert-OH is 1. The van der Waals surface area contributed by atoms with E-state index in [1.54, 1.807) is 0 Å². The second kappa shape index (κ2) is 5.90. The molecule has 1 N–H and O–H groups in total. The van der Waals surface area contributed by atoms with Gasteiger partial charge in [0.05, 0.1) is 0 Å². The van der Waals surface area contributed by atoms with E-state index in [9.17, 15) is 0 Å². The van der Waals surface area contributed by atoms with Crippen molar-refractivity contribution < 1.29 is 5.11 Å². The van der Waals surface area contributed by atoms with Crippen LogP contribution >= 0.6 is 12.6 Å².